The van der Waals surface area contributed by atoms with Crippen LogP contribution in [0.5, 0.6) is 5.75 Å². The van der Waals surface area contributed by atoms with Crippen LogP contribution in [0.2, 0.25) is 0 Å². The number of hydrogen-bond acceptors (Lipinski definition) is 4. The maximum Gasteiger partial charge on any atom is 0.223 e. The normalized spacial score (nSPS) is 25.5. The number of nitrogens with two attached hydrogens (primary N) is 1. The molecule has 7 heteroatoms. The first-order valence-electron chi connectivity index (χ1n) is 10.4. The third kappa shape index (κ3) is 7.63. The summed E-state index contributed by atoms with van der Waals surface area (Å²) in [6.07, 6.45) is 6.48. The number of hydrogen-bond donors (Lipinski definition) is 2. The van der Waals surface area contributed by atoms with Gasteiger partial charge in [-0.2, -0.15) is 0 Å². The molecular weight excluding hydrogens is 409 g/mol. The molecule has 0 radical (unpaired) electrons. The Balaban J connectivity index is 0.00000210. The highest BCUT2D eigenvalue weighted by Gasteiger charge is 2.40. The molecule has 1 amide bonds. The lowest BCUT2D eigenvalue weighted by molar-refractivity contribution is -0.127. The largest absolute Gasteiger partial charge is 0.492 e. The molecule has 29 heavy (non-hydrogen) atoms. The molecular formula is C22H37Cl2N3O2. The van der Waals surface area contributed by atoms with Gasteiger partial charge in [0.25, 0.3) is 0 Å². The molecule has 3 N–H and O–H groups in total. The predicted molar refractivity (Wildman–Crippen MR) is 123 cm³/mol. The van der Waals surface area contributed by atoms with Gasteiger partial charge in [-0.15, -0.1) is 24.8 Å². The van der Waals surface area contributed by atoms with Crippen molar-refractivity contribution in [1.82, 2.24) is 10.2 Å². The summed E-state index contributed by atoms with van der Waals surface area (Å²) in [5.74, 6) is 2.38. The van der Waals surface area contributed by atoms with E-state index in [2.05, 4.69) is 22.3 Å². The molecule has 5 nitrogen and oxygen atoms in total. The van der Waals surface area contributed by atoms with Crippen LogP contribution >= 0.6 is 24.8 Å². The quantitative estimate of drug-likeness (QED) is 0.643. The van der Waals surface area contributed by atoms with Gasteiger partial charge in [0, 0.05) is 25.0 Å². The van der Waals surface area contributed by atoms with Crippen molar-refractivity contribution in [3.8, 4) is 5.75 Å². The second-order valence-corrected chi connectivity index (χ2v) is 8.53. The average molecular weight is 446 g/mol. The second-order valence-electron chi connectivity index (χ2n) is 8.53. The number of carbonyl (C=O) groups is 1. The van der Waals surface area contributed by atoms with Gasteiger partial charge in [0.1, 0.15) is 12.4 Å². The molecule has 1 aromatic carbocycles. The van der Waals surface area contributed by atoms with E-state index in [0.29, 0.717) is 31.0 Å². The lowest BCUT2D eigenvalue weighted by atomic mass is 9.65. The van der Waals surface area contributed by atoms with Gasteiger partial charge in [-0.3, -0.25) is 4.79 Å². The minimum Gasteiger partial charge on any atom is -0.492 e. The van der Waals surface area contributed by atoms with E-state index in [-0.39, 0.29) is 36.6 Å². The summed E-state index contributed by atoms with van der Waals surface area (Å²) in [5, 5.41) is 3.15. The van der Waals surface area contributed by atoms with E-state index in [0.717, 1.165) is 31.6 Å². The van der Waals surface area contributed by atoms with E-state index in [9.17, 15) is 4.79 Å². The summed E-state index contributed by atoms with van der Waals surface area (Å²) in [7, 11) is 4.07. The fourth-order valence-corrected chi connectivity index (χ4v) is 4.58. The Morgan fingerprint density at radius 1 is 1.14 bits per heavy atom. The third-order valence-corrected chi connectivity index (χ3v) is 6.23. The molecule has 2 aliphatic rings. The zero-order valence-corrected chi connectivity index (χ0v) is 19.3. The first kappa shape index (κ1) is 26.0. The number of ether oxygens (including phenoxy) is 1. The van der Waals surface area contributed by atoms with Crippen LogP contribution in [-0.2, 0) is 11.2 Å². The molecule has 0 heterocycles. The van der Waals surface area contributed by atoms with E-state index in [4.69, 9.17) is 10.5 Å². The van der Waals surface area contributed by atoms with Crippen molar-refractivity contribution >= 4 is 30.7 Å². The van der Waals surface area contributed by atoms with Crippen LogP contribution in [0.3, 0.4) is 0 Å². The fourth-order valence-electron chi connectivity index (χ4n) is 4.58. The first-order valence-corrected chi connectivity index (χ1v) is 10.4. The van der Waals surface area contributed by atoms with Crippen LogP contribution in [0.15, 0.2) is 24.3 Å². The lowest BCUT2D eigenvalue weighted by Gasteiger charge is -2.43. The van der Waals surface area contributed by atoms with E-state index in [1.807, 2.05) is 26.2 Å². The fraction of sp³-hybridized carbons (Fsp3) is 0.682. The molecule has 3 rings (SSSR count). The van der Waals surface area contributed by atoms with Crippen molar-refractivity contribution < 1.29 is 9.53 Å². The highest BCUT2D eigenvalue weighted by Crippen LogP contribution is 2.41. The maximum absolute atomic E-state index is 12.6. The zero-order valence-electron chi connectivity index (χ0n) is 17.6. The Morgan fingerprint density at radius 2 is 1.76 bits per heavy atom. The maximum atomic E-state index is 12.6. The number of likely N-dealkylation sites (N-methyl/N-ethyl adjacent to an activating group) is 1. The average Bonchev–Trinajstić information content (AvgIpc) is 2.62. The Labute approximate surface area is 187 Å². The first-order chi connectivity index (χ1) is 13.0. The van der Waals surface area contributed by atoms with Crippen molar-refractivity contribution in [1.29, 1.82) is 0 Å². The predicted octanol–water partition coefficient (Wildman–Crippen LogP) is 3.28. The summed E-state index contributed by atoms with van der Waals surface area (Å²) in [5.41, 5.74) is 7.56. The molecule has 2 saturated carbocycles. The Kier molecular flexibility index (Phi) is 11.3. The number of rotatable bonds is 8. The zero-order chi connectivity index (χ0) is 19.2. The number of halogens is 2. The lowest BCUT2D eigenvalue weighted by Crippen LogP contribution is -2.49. The minimum absolute atomic E-state index is 0. The molecule has 0 aliphatic heterocycles. The van der Waals surface area contributed by atoms with Crippen LogP contribution < -0.4 is 15.8 Å². The summed E-state index contributed by atoms with van der Waals surface area (Å²) >= 11 is 0. The topological polar surface area (TPSA) is 67.6 Å². The molecule has 166 valence electrons. The number of fused-ring (bicyclic) bond motifs is 2. The molecule has 0 spiro atoms. The van der Waals surface area contributed by atoms with Crippen LogP contribution in [0.4, 0.5) is 0 Å². The van der Waals surface area contributed by atoms with Crippen LogP contribution in [0.1, 0.15) is 37.7 Å². The molecule has 2 unspecified atom stereocenters. The van der Waals surface area contributed by atoms with Gasteiger partial charge in [-0.05, 0) is 75.7 Å². The summed E-state index contributed by atoms with van der Waals surface area (Å²) in [6.45, 7) is 2.29. The van der Waals surface area contributed by atoms with Crippen LogP contribution in [0, 0.1) is 17.8 Å². The second kappa shape index (κ2) is 12.6. The van der Waals surface area contributed by atoms with E-state index in [1.165, 1.54) is 24.8 Å². The smallest absolute Gasteiger partial charge is 0.223 e. The molecule has 1 aromatic rings. The van der Waals surface area contributed by atoms with Crippen molar-refractivity contribution in [2.45, 2.75) is 44.6 Å². The summed E-state index contributed by atoms with van der Waals surface area (Å²) in [4.78, 5) is 14.7. The van der Waals surface area contributed by atoms with E-state index in [1.54, 1.807) is 0 Å². The SMILES string of the molecule is CN(C)CCOc1ccc(CCNC(=O)C2CC3CCCC(C2)C3N)cc1.Cl.Cl. The van der Waals surface area contributed by atoms with Crippen molar-refractivity contribution in [3.05, 3.63) is 29.8 Å². The number of nitrogens with zero attached hydrogens (tertiary/aromatic N) is 1. The van der Waals surface area contributed by atoms with E-state index >= 15 is 0 Å². The van der Waals surface area contributed by atoms with Gasteiger partial charge >= 0.3 is 0 Å². The van der Waals surface area contributed by atoms with Gasteiger partial charge < -0.3 is 20.7 Å². The Morgan fingerprint density at radius 3 is 2.34 bits per heavy atom. The summed E-state index contributed by atoms with van der Waals surface area (Å²) < 4.78 is 5.72. The van der Waals surface area contributed by atoms with Crippen molar-refractivity contribution in [2.75, 3.05) is 33.8 Å². The molecule has 2 fully saturated rings. The number of nitrogens with one attached hydrogen (secondary N) is 1. The van der Waals surface area contributed by atoms with Crippen molar-refractivity contribution in [2.24, 2.45) is 23.5 Å². The third-order valence-electron chi connectivity index (χ3n) is 6.23. The van der Waals surface area contributed by atoms with Crippen LogP contribution in [0.25, 0.3) is 0 Å². The Bertz CT molecular complexity index is 599. The minimum atomic E-state index is 0. The monoisotopic (exact) mass is 445 g/mol. The molecule has 2 bridgehead atoms. The molecule has 0 saturated heterocycles. The number of amides is 1. The van der Waals surface area contributed by atoms with Gasteiger partial charge in [-0.1, -0.05) is 18.6 Å². The Hall–Kier alpha value is -1.01. The molecule has 2 atom stereocenters. The highest BCUT2D eigenvalue weighted by molar-refractivity contribution is 5.85. The number of benzene rings is 1. The van der Waals surface area contributed by atoms with Gasteiger partial charge in [0.2, 0.25) is 5.91 Å². The van der Waals surface area contributed by atoms with E-state index < -0.39 is 0 Å². The van der Waals surface area contributed by atoms with Crippen molar-refractivity contribution in [3.63, 3.8) is 0 Å². The van der Waals surface area contributed by atoms with Crippen LogP contribution in [-0.4, -0.2) is 50.6 Å². The van der Waals surface area contributed by atoms with Gasteiger partial charge in [0.05, 0.1) is 0 Å². The molecule has 2 aliphatic carbocycles. The van der Waals surface area contributed by atoms with Gasteiger partial charge in [-0.25, -0.2) is 0 Å². The number of carbonyl (C=O) groups excluding carboxylic acids is 1. The van der Waals surface area contributed by atoms with Gasteiger partial charge in [0.15, 0.2) is 0 Å². The summed E-state index contributed by atoms with van der Waals surface area (Å²) in [6, 6.07) is 8.51. The standard InChI is InChI=1S/C22H35N3O2.2ClH/c1-25(2)12-13-27-20-8-6-16(7-9-20)10-11-24-22(26)19-14-17-4-3-5-18(15-19)21(17)23;;/h6-9,17-19,21H,3-5,10-15,23H2,1-2H3,(H,24,26);2*1H. The highest BCUT2D eigenvalue weighted by atomic mass is 35.5. The molecule has 0 aromatic heterocycles.